The van der Waals surface area contributed by atoms with Crippen LogP contribution >= 0.6 is 0 Å². The summed E-state index contributed by atoms with van der Waals surface area (Å²) in [4.78, 5) is 0. The van der Waals surface area contributed by atoms with E-state index >= 15 is 0 Å². The minimum absolute atomic E-state index is 0.159. The molecule has 0 aliphatic carbocycles. The second-order valence-electron chi connectivity index (χ2n) is 2.86. The third kappa shape index (κ3) is 8.18. The lowest BCUT2D eigenvalue weighted by atomic mass is 10.3. The molecule has 9 heavy (non-hydrogen) atoms. The summed E-state index contributed by atoms with van der Waals surface area (Å²) in [5.41, 5.74) is 0. The quantitative estimate of drug-likeness (QED) is 0.415. The van der Waals surface area contributed by atoms with Gasteiger partial charge in [-0.05, 0) is 20.1 Å². The number of rotatable bonds is 5. The van der Waals surface area contributed by atoms with Crippen LogP contribution < -0.4 is 0 Å². The average Bonchev–Trinajstić information content (AvgIpc) is 1.80. The van der Waals surface area contributed by atoms with E-state index in [1.807, 2.05) is 0 Å². The van der Waals surface area contributed by atoms with Gasteiger partial charge in [-0.3, -0.25) is 0 Å². The zero-order chi connectivity index (χ0) is 7.11. The summed E-state index contributed by atoms with van der Waals surface area (Å²) in [6.07, 6.45) is 4.25. The Labute approximate surface area is 61.3 Å². The second-order valence-corrected chi connectivity index (χ2v) is 5.28. The van der Waals surface area contributed by atoms with Crippen LogP contribution in [0.15, 0.2) is 0 Å². The SMILES string of the molecule is CCCCC[SiH2]N(C)C. The van der Waals surface area contributed by atoms with E-state index in [4.69, 9.17) is 0 Å². The van der Waals surface area contributed by atoms with Gasteiger partial charge in [0.25, 0.3) is 0 Å². The van der Waals surface area contributed by atoms with Crippen molar-refractivity contribution in [2.75, 3.05) is 14.1 Å². The Morgan fingerprint density at radius 3 is 2.33 bits per heavy atom. The van der Waals surface area contributed by atoms with Crippen molar-refractivity contribution in [3.05, 3.63) is 0 Å². The van der Waals surface area contributed by atoms with Gasteiger partial charge in [-0.2, -0.15) is 0 Å². The highest BCUT2D eigenvalue weighted by Crippen LogP contribution is 1.98. The molecule has 0 aromatic heterocycles. The minimum Gasteiger partial charge on any atom is -0.334 e. The highest BCUT2D eigenvalue weighted by molar-refractivity contribution is 6.31. The predicted octanol–water partition coefficient (Wildman–Crippen LogP) is 1.24. The molecule has 56 valence electrons. The fraction of sp³-hybridized carbons (Fsp3) is 1.00. The van der Waals surface area contributed by atoms with Gasteiger partial charge in [-0.15, -0.1) is 0 Å². The Morgan fingerprint density at radius 1 is 1.22 bits per heavy atom. The van der Waals surface area contributed by atoms with Crippen molar-refractivity contribution in [1.82, 2.24) is 4.57 Å². The highest BCUT2D eigenvalue weighted by atomic mass is 28.2. The molecule has 0 radical (unpaired) electrons. The number of unbranched alkanes of at least 4 members (excludes halogenated alkanes) is 2. The van der Waals surface area contributed by atoms with Crippen molar-refractivity contribution in [2.24, 2.45) is 0 Å². The van der Waals surface area contributed by atoms with Gasteiger partial charge < -0.3 is 4.57 Å². The monoisotopic (exact) mass is 145 g/mol. The summed E-state index contributed by atoms with van der Waals surface area (Å²) in [6.45, 7) is 2.26. The molecule has 0 heterocycles. The first-order chi connectivity index (χ1) is 4.27. The largest absolute Gasteiger partial charge is 0.334 e. The van der Waals surface area contributed by atoms with Gasteiger partial charge in [-0.25, -0.2) is 0 Å². The Morgan fingerprint density at radius 2 is 1.89 bits per heavy atom. The molecule has 0 saturated heterocycles. The third-order valence-electron chi connectivity index (χ3n) is 1.46. The summed E-state index contributed by atoms with van der Waals surface area (Å²) in [5.74, 6) is 0. The lowest BCUT2D eigenvalue weighted by Gasteiger charge is -2.06. The lowest BCUT2D eigenvalue weighted by molar-refractivity contribution is 0.647. The summed E-state index contributed by atoms with van der Waals surface area (Å²) in [6, 6.07) is 1.50. The van der Waals surface area contributed by atoms with E-state index in [-0.39, 0.29) is 9.68 Å². The molecule has 1 nitrogen and oxygen atoms in total. The predicted molar refractivity (Wildman–Crippen MR) is 46.6 cm³/mol. The van der Waals surface area contributed by atoms with E-state index in [0.29, 0.717) is 0 Å². The van der Waals surface area contributed by atoms with Crippen molar-refractivity contribution >= 4 is 9.68 Å². The van der Waals surface area contributed by atoms with Gasteiger partial charge in [0.05, 0.1) is 9.68 Å². The van der Waals surface area contributed by atoms with Crippen LogP contribution in [0.1, 0.15) is 26.2 Å². The Bertz CT molecular complexity index is 54.9. The normalized spacial score (nSPS) is 12.0. The first-order valence-electron chi connectivity index (χ1n) is 3.92. The molecular formula is C7H19NSi. The summed E-state index contributed by atoms with van der Waals surface area (Å²) in [5, 5.41) is 0. The van der Waals surface area contributed by atoms with Gasteiger partial charge in [0.1, 0.15) is 0 Å². The maximum absolute atomic E-state index is 2.38. The zero-order valence-corrected chi connectivity index (χ0v) is 8.40. The van der Waals surface area contributed by atoms with Crippen LogP contribution in [0.3, 0.4) is 0 Å². The van der Waals surface area contributed by atoms with Gasteiger partial charge in [0, 0.05) is 0 Å². The first-order valence-corrected chi connectivity index (χ1v) is 5.55. The number of hydrogen-bond donors (Lipinski definition) is 0. The van der Waals surface area contributed by atoms with Gasteiger partial charge in [0.15, 0.2) is 0 Å². The molecule has 0 fully saturated rings. The Hall–Kier alpha value is 0.177. The molecule has 0 aliphatic rings. The molecule has 0 spiro atoms. The van der Waals surface area contributed by atoms with E-state index in [9.17, 15) is 0 Å². The van der Waals surface area contributed by atoms with E-state index in [2.05, 4.69) is 25.6 Å². The van der Waals surface area contributed by atoms with Crippen LogP contribution in [0.25, 0.3) is 0 Å². The minimum atomic E-state index is 0.159. The molecule has 0 aliphatic heterocycles. The van der Waals surface area contributed by atoms with Crippen molar-refractivity contribution in [1.29, 1.82) is 0 Å². The lowest BCUT2D eigenvalue weighted by Crippen LogP contribution is -2.16. The second kappa shape index (κ2) is 6.30. The smallest absolute Gasteiger partial charge is 0.0943 e. The van der Waals surface area contributed by atoms with Crippen LogP contribution in [0.5, 0.6) is 0 Å². The van der Waals surface area contributed by atoms with Crippen LogP contribution in [-0.4, -0.2) is 28.3 Å². The summed E-state index contributed by atoms with van der Waals surface area (Å²) < 4.78 is 2.38. The van der Waals surface area contributed by atoms with E-state index < -0.39 is 0 Å². The highest BCUT2D eigenvalue weighted by Gasteiger charge is 1.89. The van der Waals surface area contributed by atoms with Gasteiger partial charge in [-0.1, -0.05) is 26.2 Å². The Kier molecular flexibility index (Phi) is 6.42. The number of hydrogen-bond acceptors (Lipinski definition) is 1. The molecule has 0 amide bonds. The van der Waals surface area contributed by atoms with E-state index in [1.54, 1.807) is 0 Å². The molecule has 0 bridgehead atoms. The van der Waals surface area contributed by atoms with Crippen LogP contribution in [0, 0.1) is 0 Å². The topological polar surface area (TPSA) is 3.24 Å². The fourth-order valence-electron chi connectivity index (χ4n) is 0.855. The Balaban J connectivity index is 2.75. The standard InChI is InChI=1S/C7H19NSi/c1-4-5-6-7-9-8(2)3/h4-7,9H2,1-3H3. The molecule has 0 aromatic rings. The summed E-state index contributed by atoms with van der Waals surface area (Å²) >= 11 is 0. The van der Waals surface area contributed by atoms with Gasteiger partial charge >= 0.3 is 0 Å². The number of nitrogens with zero attached hydrogens (tertiary/aromatic N) is 1. The van der Waals surface area contributed by atoms with E-state index in [1.165, 1.54) is 25.3 Å². The van der Waals surface area contributed by atoms with Gasteiger partial charge in [0.2, 0.25) is 0 Å². The maximum Gasteiger partial charge on any atom is 0.0943 e. The van der Waals surface area contributed by atoms with Crippen LogP contribution in [-0.2, 0) is 0 Å². The molecule has 2 heteroatoms. The fourth-order valence-corrected chi connectivity index (χ4v) is 2.06. The maximum atomic E-state index is 2.38. The third-order valence-corrected chi connectivity index (χ3v) is 3.17. The average molecular weight is 145 g/mol. The van der Waals surface area contributed by atoms with Crippen LogP contribution in [0.2, 0.25) is 6.04 Å². The van der Waals surface area contributed by atoms with Crippen LogP contribution in [0.4, 0.5) is 0 Å². The van der Waals surface area contributed by atoms with Crippen molar-refractivity contribution in [3.8, 4) is 0 Å². The summed E-state index contributed by atoms with van der Waals surface area (Å²) in [7, 11) is 4.54. The first kappa shape index (κ1) is 9.18. The zero-order valence-electron chi connectivity index (χ0n) is 6.98. The molecule has 0 aromatic carbocycles. The molecule has 0 rings (SSSR count). The molecule has 0 saturated carbocycles. The van der Waals surface area contributed by atoms with Crippen molar-refractivity contribution in [3.63, 3.8) is 0 Å². The molecular weight excluding hydrogens is 126 g/mol. The van der Waals surface area contributed by atoms with Crippen molar-refractivity contribution in [2.45, 2.75) is 32.2 Å². The van der Waals surface area contributed by atoms with E-state index in [0.717, 1.165) is 0 Å². The van der Waals surface area contributed by atoms with Crippen molar-refractivity contribution < 1.29 is 0 Å². The molecule has 0 N–H and O–H groups in total. The molecule has 0 unspecified atom stereocenters. The molecule has 0 atom stereocenters.